The van der Waals surface area contributed by atoms with Gasteiger partial charge in [-0.25, -0.2) is 0 Å². The molecule has 102 valence electrons. The SMILES string of the molecule is CCCOCC(NCC)c1cc2c(s1)CCSC2. The molecule has 1 aromatic rings. The molecule has 2 rings (SSSR count). The molecule has 0 bridgehead atoms. The van der Waals surface area contributed by atoms with Gasteiger partial charge in [-0.2, -0.15) is 11.8 Å². The Kier molecular flexibility index (Phi) is 6.02. The zero-order valence-corrected chi connectivity index (χ0v) is 13.0. The molecule has 0 spiro atoms. The van der Waals surface area contributed by atoms with Crippen molar-refractivity contribution in [2.45, 2.75) is 38.5 Å². The predicted octanol–water partition coefficient (Wildman–Crippen LogP) is 3.61. The summed E-state index contributed by atoms with van der Waals surface area (Å²) in [6.07, 6.45) is 2.34. The lowest BCUT2D eigenvalue weighted by Gasteiger charge is -2.16. The van der Waals surface area contributed by atoms with Crippen molar-refractivity contribution in [1.29, 1.82) is 0 Å². The summed E-state index contributed by atoms with van der Waals surface area (Å²) in [6.45, 7) is 6.98. The van der Waals surface area contributed by atoms with Crippen LogP contribution in [0, 0.1) is 0 Å². The van der Waals surface area contributed by atoms with Crippen LogP contribution >= 0.6 is 23.1 Å². The summed E-state index contributed by atoms with van der Waals surface area (Å²) >= 11 is 4.04. The van der Waals surface area contributed by atoms with Crippen molar-refractivity contribution in [3.8, 4) is 0 Å². The van der Waals surface area contributed by atoms with Crippen molar-refractivity contribution in [1.82, 2.24) is 5.32 Å². The minimum Gasteiger partial charge on any atom is -0.379 e. The van der Waals surface area contributed by atoms with Crippen molar-refractivity contribution in [3.63, 3.8) is 0 Å². The van der Waals surface area contributed by atoms with E-state index in [0.29, 0.717) is 6.04 Å². The lowest BCUT2D eigenvalue weighted by atomic mass is 10.2. The Morgan fingerprint density at radius 1 is 1.44 bits per heavy atom. The van der Waals surface area contributed by atoms with Crippen LogP contribution in [-0.2, 0) is 16.9 Å². The Hall–Kier alpha value is -0.0300. The van der Waals surface area contributed by atoms with E-state index in [0.717, 1.165) is 26.2 Å². The van der Waals surface area contributed by atoms with Gasteiger partial charge in [0.15, 0.2) is 0 Å². The first-order valence-corrected chi connectivity index (χ1v) is 8.82. The maximum atomic E-state index is 5.72. The fourth-order valence-corrected chi connectivity index (χ4v) is 4.61. The van der Waals surface area contributed by atoms with Gasteiger partial charge in [-0.3, -0.25) is 0 Å². The van der Waals surface area contributed by atoms with Crippen molar-refractivity contribution in [3.05, 3.63) is 21.4 Å². The second-order valence-corrected chi connectivity index (χ2v) is 6.86. The summed E-state index contributed by atoms with van der Waals surface area (Å²) < 4.78 is 5.72. The molecule has 0 aromatic carbocycles. The van der Waals surface area contributed by atoms with Gasteiger partial charge in [0, 0.05) is 22.1 Å². The van der Waals surface area contributed by atoms with E-state index in [1.165, 1.54) is 22.8 Å². The van der Waals surface area contributed by atoms with Crippen molar-refractivity contribution < 1.29 is 4.74 Å². The number of thiophene rings is 1. The fraction of sp³-hybridized carbons (Fsp3) is 0.714. The van der Waals surface area contributed by atoms with Gasteiger partial charge in [-0.15, -0.1) is 11.3 Å². The largest absolute Gasteiger partial charge is 0.379 e. The van der Waals surface area contributed by atoms with Crippen molar-refractivity contribution >= 4 is 23.1 Å². The molecular formula is C14H23NOS2. The minimum absolute atomic E-state index is 0.377. The molecular weight excluding hydrogens is 262 g/mol. The molecule has 1 atom stereocenters. The van der Waals surface area contributed by atoms with E-state index in [4.69, 9.17) is 4.74 Å². The monoisotopic (exact) mass is 285 g/mol. The quantitative estimate of drug-likeness (QED) is 0.773. The molecule has 0 fully saturated rings. The number of rotatable bonds is 7. The van der Waals surface area contributed by atoms with Gasteiger partial charge >= 0.3 is 0 Å². The van der Waals surface area contributed by atoms with Crippen molar-refractivity contribution in [2.24, 2.45) is 0 Å². The highest BCUT2D eigenvalue weighted by Crippen LogP contribution is 2.34. The molecule has 1 aromatic heterocycles. The lowest BCUT2D eigenvalue weighted by Crippen LogP contribution is -2.24. The molecule has 0 saturated carbocycles. The second kappa shape index (κ2) is 7.53. The van der Waals surface area contributed by atoms with E-state index in [9.17, 15) is 0 Å². The second-order valence-electron chi connectivity index (χ2n) is 4.58. The number of nitrogens with one attached hydrogen (secondary N) is 1. The van der Waals surface area contributed by atoms with Crippen LogP contribution in [0.4, 0.5) is 0 Å². The molecule has 0 saturated heterocycles. The summed E-state index contributed by atoms with van der Waals surface area (Å²) in [5.74, 6) is 2.48. The summed E-state index contributed by atoms with van der Waals surface area (Å²) in [5, 5.41) is 3.55. The van der Waals surface area contributed by atoms with E-state index in [1.807, 2.05) is 11.3 Å². The molecule has 1 aliphatic heterocycles. The lowest BCUT2D eigenvalue weighted by molar-refractivity contribution is 0.113. The number of thioether (sulfide) groups is 1. The summed E-state index contributed by atoms with van der Waals surface area (Å²) in [4.78, 5) is 3.06. The Balaban J connectivity index is 2.02. The number of hydrogen-bond acceptors (Lipinski definition) is 4. The summed E-state index contributed by atoms with van der Waals surface area (Å²) in [5.41, 5.74) is 1.56. The van der Waals surface area contributed by atoms with Gasteiger partial charge in [0.25, 0.3) is 0 Å². The van der Waals surface area contributed by atoms with Crippen LogP contribution in [0.1, 0.15) is 41.6 Å². The third-order valence-electron chi connectivity index (χ3n) is 3.07. The predicted molar refractivity (Wildman–Crippen MR) is 81.7 cm³/mol. The van der Waals surface area contributed by atoms with Gasteiger partial charge in [0.05, 0.1) is 12.6 Å². The summed E-state index contributed by atoms with van der Waals surface area (Å²) in [6, 6.07) is 2.77. The maximum absolute atomic E-state index is 5.72. The molecule has 0 aliphatic carbocycles. The van der Waals surface area contributed by atoms with Crippen LogP contribution in [0.2, 0.25) is 0 Å². The topological polar surface area (TPSA) is 21.3 Å². The molecule has 2 nitrogen and oxygen atoms in total. The Morgan fingerprint density at radius 3 is 3.06 bits per heavy atom. The normalized spacial score (nSPS) is 16.6. The van der Waals surface area contributed by atoms with Crippen LogP contribution in [0.15, 0.2) is 6.07 Å². The fourth-order valence-electron chi connectivity index (χ4n) is 2.18. The van der Waals surface area contributed by atoms with E-state index in [-0.39, 0.29) is 0 Å². The van der Waals surface area contributed by atoms with Crippen LogP contribution in [0.25, 0.3) is 0 Å². The maximum Gasteiger partial charge on any atom is 0.0669 e. The average Bonchev–Trinajstić information content (AvgIpc) is 2.81. The first-order valence-electron chi connectivity index (χ1n) is 6.85. The zero-order valence-electron chi connectivity index (χ0n) is 11.3. The molecule has 1 N–H and O–H groups in total. The van der Waals surface area contributed by atoms with E-state index in [1.54, 1.807) is 10.4 Å². The zero-order chi connectivity index (χ0) is 12.8. The number of likely N-dealkylation sites (N-methyl/N-ethyl adjacent to an activating group) is 1. The standard InChI is InChI=1S/C14H23NOS2/c1-3-6-16-9-12(15-4-2)14-8-11-10-17-7-5-13(11)18-14/h8,12,15H,3-7,9-10H2,1-2H3. The van der Waals surface area contributed by atoms with Gasteiger partial charge in [-0.05, 0) is 36.8 Å². The molecule has 0 amide bonds. The first kappa shape index (κ1) is 14.4. The van der Waals surface area contributed by atoms with Gasteiger partial charge in [0.1, 0.15) is 0 Å². The van der Waals surface area contributed by atoms with Crippen LogP contribution in [-0.4, -0.2) is 25.5 Å². The van der Waals surface area contributed by atoms with Gasteiger partial charge < -0.3 is 10.1 Å². The summed E-state index contributed by atoms with van der Waals surface area (Å²) in [7, 11) is 0. The average molecular weight is 285 g/mol. The van der Waals surface area contributed by atoms with E-state index < -0.39 is 0 Å². The first-order chi connectivity index (χ1) is 8.85. The molecule has 4 heteroatoms. The van der Waals surface area contributed by atoms with E-state index >= 15 is 0 Å². The third kappa shape index (κ3) is 3.73. The number of ether oxygens (including phenoxy) is 1. The van der Waals surface area contributed by atoms with Crippen LogP contribution in [0.3, 0.4) is 0 Å². The number of aryl methyl sites for hydroxylation is 1. The molecule has 2 heterocycles. The highest BCUT2D eigenvalue weighted by atomic mass is 32.2. The number of fused-ring (bicyclic) bond motifs is 1. The smallest absolute Gasteiger partial charge is 0.0669 e. The van der Waals surface area contributed by atoms with Crippen LogP contribution in [0.5, 0.6) is 0 Å². The highest BCUT2D eigenvalue weighted by molar-refractivity contribution is 7.98. The van der Waals surface area contributed by atoms with Gasteiger partial charge in [0.2, 0.25) is 0 Å². The molecule has 18 heavy (non-hydrogen) atoms. The molecule has 1 unspecified atom stereocenters. The Morgan fingerprint density at radius 2 is 2.33 bits per heavy atom. The molecule has 1 aliphatic rings. The molecule has 0 radical (unpaired) electrons. The Labute approximate surface area is 119 Å². The Bertz CT molecular complexity index is 341. The number of hydrogen-bond donors (Lipinski definition) is 1. The van der Waals surface area contributed by atoms with Crippen LogP contribution < -0.4 is 5.32 Å². The third-order valence-corrected chi connectivity index (χ3v) is 5.43. The highest BCUT2D eigenvalue weighted by Gasteiger charge is 2.18. The minimum atomic E-state index is 0.377. The van der Waals surface area contributed by atoms with Gasteiger partial charge in [-0.1, -0.05) is 13.8 Å². The van der Waals surface area contributed by atoms with E-state index in [2.05, 4.69) is 37.0 Å². The van der Waals surface area contributed by atoms with Crippen molar-refractivity contribution in [2.75, 3.05) is 25.5 Å².